The molecule has 1 saturated carbocycles. The Morgan fingerprint density at radius 2 is 1.93 bits per heavy atom. The molecule has 3 aromatic rings. The van der Waals surface area contributed by atoms with E-state index in [9.17, 15) is 8.78 Å². The number of aryl methyl sites for hydroxylation is 1. The van der Waals surface area contributed by atoms with E-state index < -0.39 is 5.92 Å². The van der Waals surface area contributed by atoms with Crippen LogP contribution in [0.3, 0.4) is 0 Å². The number of aromatic nitrogens is 3. The van der Waals surface area contributed by atoms with Crippen LogP contribution >= 0.6 is 0 Å². The first-order valence-corrected chi connectivity index (χ1v) is 9.12. The second-order valence-electron chi connectivity index (χ2n) is 7.31. The minimum atomic E-state index is -2.53. The molecule has 140 valence electrons. The van der Waals surface area contributed by atoms with Gasteiger partial charge < -0.3 is 5.32 Å². The van der Waals surface area contributed by atoms with E-state index in [1.54, 1.807) is 4.68 Å². The lowest BCUT2D eigenvalue weighted by atomic mass is 9.85. The summed E-state index contributed by atoms with van der Waals surface area (Å²) in [4.78, 5) is 4.44. The van der Waals surface area contributed by atoms with E-state index >= 15 is 0 Å². The minimum Gasteiger partial charge on any atom is -0.344 e. The number of alkyl halides is 2. The average Bonchev–Trinajstić information content (AvgIpc) is 3.07. The van der Waals surface area contributed by atoms with Crippen molar-refractivity contribution in [2.24, 2.45) is 13.0 Å². The van der Waals surface area contributed by atoms with Crippen LogP contribution in [0, 0.1) is 5.92 Å². The molecule has 0 radical (unpaired) electrons. The van der Waals surface area contributed by atoms with Crippen LogP contribution in [0.4, 0.5) is 14.6 Å². The van der Waals surface area contributed by atoms with Crippen molar-refractivity contribution in [3.8, 4) is 11.1 Å². The highest BCUT2D eigenvalue weighted by molar-refractivity contribution is 5.88. The normalized spacial score (nSPS) is 17.1. The average molecular weight is 368 g/mol. The SMILES string of the molecule is C=C(Nc1cc2cc(-c3cnn(C)c3)ccc2cn1)C1CCC(F)(F)CC1. The first-order chi connectivity index (χ1) is 12.9. The van der Waals surface area contributed by atoms with Crippen molar-refractivity contribution >= 4 is 16.6 Å². The highest BCUT2D eigenvalue weighted by Crippen LogP contribution is 2.38. The summed E-state index contributed by atoms with van der Waals surface area (Å²) >= 11 is 0. The van der Waals surface area contributed by atoms with Gasteiger partial charge in [-0.2, -0.15) is 5.10 Å². The van der Waals surface area contributed by atoms with Gasteiger partial charge in [0.1, 0.15) is 5.82 Å². The number of hydrogen-bond donors (Lipinski definition) is 1. The number of anilines is 1. The van der Waals surface area contributed by atoms with Crippen molar-refractivity contribution in [1.29, 1.82) is 0 Å². The van der Waals surface area contributed by atoms with Gasteiger partial charge in [-0.3, -0.25) is 4.68 Å². The largest absolute Gasteiger partial charge is 0.344 e. The molecule has 2 heterocycles. The monoisotopic (exact) mass is 368 g/mol. The summed E-state index contributed by atoms with van der Waals surface area (Å²) in [6.07, 6.45) is 6.39. The lowest BCUT2D eigenvalue weighted by Gasteiger charge is -2.29. The number of pyridine rings is 1. The van der Waals surface area contributed by atoms with Gasteiger partial charge in [0, 0.05) is 48.9 Å². The summed E-state index contributed by atoms with van der Waals surface area (Å²) in [5.41, 5.74) is 2.90. The summed E-state index contributed by atoms with van der Waals surface area (Å²) in [7, 11) is 1.89. The molecule has 2 aromatic heterocycles. The topological polar surface area (TPSA) is 42.7 Å². The maximum absolute atomic E-state index is 13.4. The van der Waals surface area contributed by atoms with Gasteiger partial charge in [-0.1, -0.05) is 18.7 Å². The molecule has 1 aliphatic rings. The van der Waals surface area contributed by atoms with Crippen LogP contribution in [0.15, 0.2) is 55.1 Å². The molecule has 4 rings (SSSR count). The van der Waals surface area contributed by atoms with Crippen molar-refractivity contribution in [3.05, 3.63) is 55.1 Å². The van der Waals surface area contributed by atoms with Gasteiger partial charge >= 0.3 is 0 Å². The molecule has 1 aliphatic carbocycles. The maximum atomic E-state index is 13.4. The standard InChI is InChI=1S/C21H22F2N4/c1-14(15-5-7-21(22,23)8-6-15)26-20-10-18-9-16(3-4-17(18)11-24-20)19-12-25-27(2)13-19/h3-4,9-13,15H,1,5-8H2,2H3,(H,24,26). The number of nitrogens with zero attached hydrogens (tertiary/aromatic N) is 3. The summed E-state index contributed by atoms with van der Waals surface area (Å²) in [5, 5.41) is 9.54. The first-order valence-electron chi connectivity index (χ1n) is 9.12. The van der Waals surface area contributed by atoms with Crippen LogP contribution in [0.5, 0.6) is 0 Å². The Bertz CT molecular complexity index is 983. The third kappa shape index (κ3) is 3.84. The van der Waals surface area contributed by atoms with Crippen LogP contribution in [0.1, 0.15) is 25.7 Å². The predicted molar refractivity (Wildman–Crippen MR) is 104 cm³/mol. The molecular formula is C21H22F2N4. The summed E-state index contributed by atoms with van der Waals surface area (Å²) in [5.74, 6) is -1.78. The summed E-state index contributed by atoms with van der Waals surface area (Å²) in [6, 6.07) is 8.16. The highest BCUT2D eigenvalue weighted by Gasteiger charge is 2.35. The lowest BCUT2D eigenvalue weighted by Crippen LogP contribution is -2.26. The van der Waals surface area contributed by atoms with Crippen molar-refractivity contribution < 1.29 is 8.78 Å². The second kappa shape index (κ2) is 6.76. The number of allylic oxidation sites excluding steroid dienone is 1. The van der Waals surface area contributed by atoms with Crippen LogP contribution in [0.2, 0.25) is 0 Å². The first kappa shape index (κ1) is 17.6. The molecular weight excluding hydrogens is 346 g/mol. The van der Waals surface area contributed by atoms with Crippen molar-refractivity contribution in [1.82, 2.24) is 14.8 Å². The van der Waals surface area contributed by atoms with Crippen molar-refractivity contribution in [2.45, 2.75) is 31.6 Å². The Hall–Kier alpha value is -2.76. The van der Waals surface area contributed by atoms with Gasteiger partial charge in [0.25, 0.3) is 0 Å². The highest BCUT2D eigenvalue weighted by atomic mass is 19.3. The number of rotatable bonds is 4. The Labute approximate surface area is 156 Å². The second-order valence-corrected chi connectivity index (χ2v) is 7.31. The number of fused-ring (bicyclic) bond motifs is 1. The molecule has 0 aliphatic heterocycles. The van der Waals surface area contributed by atoms with Crippen molar-refractivity contribution in [2.75, 3.05) is 5.32 Å². The number of nitrogens with one attached hydrogen (secondary N) is 1. The fourth-order valence-corrected chi connectivity index (χ4v) is 3.61. The minimum absolute atomic E-state index is 0.0591. The zero-order valence-electron chi connectivity index (χ0n) is 15.3. The van der Waals surface area contributed by atoms with E-state index in [-0.39, 0.29) is 18.8 Å². The zero-order chi connectivity index (χ0) is 19.0. The van der Waals surface area contributed by atoms with Gasteiger partial charge in [-0.05, 0) is 41.8 Å². The van der Waals surface area contributed by atoms with E-state index in [1.165, 1.54) is 0 Å². The molecule has 1 fully saturated rings. The van der Waals surface area contributed by atoms with Gasteiger partial charge in [0.15, 0.2) is 0 Å². The Balaban J connectivity index is 1.53. The summed E-state index contributed by atoms with van der Waals surface area (Å²) < 4.78 is 28.5. The Morgan fingerprint density at radius 3 is 2.63 bits per heavy atom. The molecule has 0 spiro atoms. The van der Waals surface area contributed by atoms with E-state index in [2.05, 4.69) is 34.1 Å². The smallest absolute Gasteiger partial charge is 0.248 e. The molecule has 1 N–H and O–H groups in total. The predicted octanol–water partition coefficient (Wildman–Crippen LogP) is 5.39. The molecule has 0 unspecified atom stereocenters. The molecule has 0 saturated heterocycles. The van der Waals surface area contributed by atoms with Crippen LogP contribution in [-0.4, -0.2) is 20.7 Å². The van der Waals surface area contributed by atoms with Gasteiger partial charge in [0.05, 0.1) is 6.20 Å². The lowest BCUT2D eigenvalue weighted by molar-refractivity contribution is -0.0419. The number of hydrogen-bond acceptors (Lipinski definition) is 3. The fraction of sp³-hybridized carbons (Fsp3) is 0.333. The van der Waals surface area contributed by atoms with Gasteiger partial charge in [-0.15, -0.1) is 0 Å². The maximum Gasteiger partial charge on any atom is 0.248 e. The fourth-order valence-electron chi connectivity index (χ4n) is 3.61. The molecule has 4 nitrogen and oxygen atoms in total. The zero-order valence-corrected chi connectivity index (χ0v) is 15.3. The molecule has 27 heavy (non-hydrogen) atoms. The Morgan fingerprint density at radius 1 is 1.15 bits per heavy atom. The Kier molecular flexibility index (Phi) is 4.42. The molecule has 0 atom stereocenters. The molecule has 1 aromatic carbocycles. The van der Waals surface area contributed by atoms with Crippen LogP contribution in [-0.2, 0) is 7.05 Å². The molecule has 0 bridgehead atoms. The van der Waals surface area contributed by atoms with Crippen LogP contribution in [0.25, 0.3) is 21.9 Å². The summed E-state index contributed by atoms with van der Waals surface area (Å²) in [6.45, 7) is 4.06. The molecule has 0 amide bonds. The van der Waals surface area contributed by atoms with E-state index in [0.717, 1.165) is 27.6 Å². The van der Waals surface area contributed by atoms with Crippen molar-refractivity contribution in [3.63, 3.8) is 0 Å². The number of benzene rings is 1. The van der Waals surface area contributed by atoms with E-state index in [1.807, 2.05) is 37.8 Å². The molecule has 6 heteroatoms. The van der Waals surface area contributed by atoms with Gasteiger partial charge in [0.2, 0.25) is 5.92 Å². The van der Waals surface area contributed by atoms with Gasteiger partial charge in [-0.25, -0.2) is 13.8 Å². The third-order valence-electron chi connectivity index (χ3n) is 5.26. The van der Waals surface area contributed by atoms with E-state index in [0.29, 0.717) is 18.7 Å². The van der Waals surface area contributed by atoms with Crippen LogP contribution < -0.4 is 5.32 Å². The third-order valence-corrected chi connectivity index (χ3v) is 5.26. The quantitative estimate of drug-likeness (QED) is 0.672. The number of halogens is 2. The van der Waals surface area contributed by atoms with E-state index in [4.69, 9.17) is 0 Å².